The first-order valence-electron chi connectivity index (χ1n) is 7.21. The lowest BCUT2D eigenvalue weighted by atomic mass is 10.1. The van der Waals surface area contributed by atoms with Crippen molar-refractivity contribution in [3.8, 4) is 11.5 Å². The van der Waals surface area contributed by atoms with Crippen LogP contribution < -0.4 is 14.8 Å². The van der Waals surface area contributed by atoms with E-state index < -0.39 is 0 Å². The number of furan rings is 1. The number of ether oxygens (including phenoxy) is 2. The molecule has 0 fully saturated rings. The van der Waals surface area contributed by atoms with Gasteiger partial charge in [0.15, 0.2) is 17.1 Å². The van der Waals surface area contributed by atoms with Gasteiger partial charge in [-0.2, -0.15) is 0 Å². The van der Waals surface area contributed by atoms with Crippen LogP contribution in [0.1, 0.15) is 29.0 Å². The summed E-state index contributed by atoms with van der Waals surface area (Å²) in [5.74, 6) is 1.08. The highest BCUT2D eigenvalue weighted by molar-refractivity contribution is 5.96. The largest absolute Gasteiger partial charge is 0.493 e. The maximum atomic E-state index is 12.3. The molecule has 0 saturated carbocycles. The first-order chi connectivity index (χ1) is 11.1. The number of H-pyrrole nitrogens is 1. The third kappa shape index (κ3) is 2.88. The van der Waals surface area contributed by atoms with Crippen molar-refractivity contribution in [2.75, 3.05) is 14.2 Å². The number of carbonyl (C=O) groups excluding carboxylic acids is 1. The van der Waals surface area contributed by atoms with Crippen molar-refractivity contribution in [3.63, 3.8) is 0 Å². The molecule has 0 saturated heterocycles. The van der Waals surface area contributed by atoms with Crippen LogP contribution in [0.3, 0.4) is 0 Å². The smallest absolute Gasteiger partial charge is 0.268 e. The van der Waals surface area contributed by atoms with Gasteiger partial charge in [0.1, 0.15) is 5.69 Å². The second kappa shape index (κ2) is 6.08. The average molecular weight is 314 g/mol. The molecule has 2 aromatic heterocycles. The van der Waals surface area contributed by atoms with Crippen LogP contribution in [0.5, 0.6) is 11.5 Å². The molecule has 1 atom stereocenters. The molecule has 1 amide bonds. The molecule has 3 rings (SSSR count). The average Bonchev–Trinajstić information content (AvgIpc) is 3.15. The lowest BCUT2D eigenvalue weighted by Crippen LogP contribution is -2.26. The molecule has 6 heteroatoms. The van der Waals surface area contributed by atoms with Crippen molar-refractivity contribution < 1.29 is 18.7 Å². The Morgan fingerprint density at radius 3 is 2.65 bits per heavy atom. The Hall–Kier alpha value is -2.89. The lowest BCUT2D eigenvalue weighted by molar-refractivity contribution is 0.0935. The fourth-order valence-electron chi connectivity index (χ4n) is 2.45. The van der Waals surface area contributed by atoms with E-state index in [0.717, 1.165) is 11.1 Å². The van der Waals surface area contributed by atoms with E-state index in [1.807, 2.05) is 25.1 Å². The second-order valence-electron chi connectivity index (χ2n) is 5.19. The number of benzene rings is 1. The predicted octanol–water partition coefficient (Wildman–Crippen LogP) is 3.27. The van der Waals surface area contributed by atoms with Crippen LogP contribution in [-0.4, -0.2) is 25.1 Å². The van der Waals surface area contributed by atoms with Crippen LogP contribution in [0.2, 0.25) is 0 Å². The fraction of sp³-hybridized carbons (Fsp3) is 0.235. The van der Waals surface area contributed by atoms with Gasteiger partial charge in [0.2, 0.25) is 0 Å². The predicted molar refractivity (Wildman–Crippen MR) is 86.0 cm³/mol. The molecule has 0 radical (unpaired) electrons. The van der Waals surface area contributed by atoms with E-state index in [-0.39, 0.29) is 11.9 Å². The molecule has 23 heavy (non-hydrogen) atoms. The monoisotopic (exact) mass is 314 g/mol. The van der Waals surface area contributed by atoms with Gasteiger partial charge in [-0.15, -0.1) is 0 Å². The van der Waals surface area contributed by atoms with Crippen LogP contribution in [0, 0.1) is 0 Å². The second-order valence-corrected chi connectivity index (χ2v) is 5.19. The minimum atomic E-state index is -0.196. The molecule has 0 aliphatic carbocycles. The Morgan fingerprint density at radius 1 is 1.17 bits per heavy atom. The highest BCUT2D eigenvalue weighted by Crippen LogP contribution is 2.30. The minimum absolute atomic E-state index is 0.183. The van der Waals surface area contributed by atoms with E-state index in [1.165, 1.54) is 0 Å². The Balaban J connectivity index is 1.76. The zero-order valence-electron chi connectivity index (χ0n) is 13.2. The summed E-state index contributed by atoms with van der Waals surface area (Å²) in [6.45, 7) is 1.91. The Kier molecular flexibility index (Phi) is 3.97. The molecule has 2 heterocycles. The van der Waals surface area contributed by atoms with Gasteiger partial charge >= 0.3 is 0 Å². The van der Waals surface area contributed by atoms with Gasteiger partial charge in [-0.3, -0.25) is 4.79 Å². The summed E-state index contributed by atoms with van der Waals surface area (Å²) in [5.41, 5.74) is 2.85. The van der Waals surface area contributed by atoms with Gasteiger partial charge in [0, 0.05) is 12.1 Å². The summed E-state index contributed by atoms with van der Waals surface area (Å²) in [6.07, 6.45) is 1.58. The highest BCUT2D eigenvalue weighted by Gasteiger charge is 2.16. The van der Waals surface area contributed by atoms with Gasteiger partial charge in [-0.25, -0.2) is 0 Å². The summed E-state index contributed by atoms with van der Waals surface area (Å²) < 4.78 is 15.8. The molecule has 0 spiro atoms. The van der Waals surface area contributed by atoms with Crippen LogP contribution in [0.25, 0.3) is 11.1 Å². The summed E-state index contributed by atoms with van der Waals surface area (Å²) in [5, 5.41) is 2.94. The van der Waals surface area contributed by atoms with Crippen molar-refractivity contribution in [2.45, 2.75) is 13.0 Å². The Morgan fingerprint density at radius 2 is 1.96 bits per heavy atom. The number of methoxy groups -OCH3 is 2. The van der Waals surface area contributed by atoms with E-state index >= 15 is 0 Å². The zero-order valence-corrected chi connectivity index (χ0v) is 13.2. The Labute approximate surface area is 133 Å². The van der Waals surface area contributed by atoms with Crippen LogP contribution in [0.15, 0.2) is 41.0 Å². The minimum Gasteiger partial charge on any atom is -0.493 e. The molecular weight excluding hydrogens is 296 g/mol. The quantitative estimate of drug-likeness (QED) is 0.758. The van der Waals surface area contributed by atoms with E-state index in [2.05, 4.69) is 10.3 Å². The number of amides is 1. The molecule has 0 bridgehead atoms. The Bertz CT molecular complexity index is 806. The van der Waals surface area contributed by atoms with E-state index in [0.29, 0.717) is 22.8 Å². The number of hydrogen-bond donors (Lipinski definition) is 2. The van der Waals surface area contributed by atoms with Crippen molar-refractivity contribution in [1.82, 2.24) is 10.3 Å². The third-order valence-electron chi connectivity index (χ3n) is 3.74. The van der Waals surface area contributed by atoms with Crippen molar-refractivity contribution in [2.24, 2.45) is 0 Å². The molecule has 2 N–H and O–H groups in total. The molecule has 120 valence electrons. The maximum Gasteiger partial charge on any atom is 0.268 e. The van der Waals surface area contributed by atoms with Gasteiger partial charge < -0.3 is 24.2 Å². The van der Waals surface area contributed by atoms with Gasteiger partial charge in [0.05, 0.1) is 32.0 Å². The molecule has 3 aromatic rings. The van der Waals surface area contributed by atoms with Crippen molar-refractivity contribution >= 4 is 17.0 Å². The summed E-state index contributed by atoms with van der Waals surface area (Å²) in [6, 6.07) is 8.85. The molecular formula is C17H18N2O4. The SMILES string of the molecule is COc1ccc(C(C)NC(=O)c2cc3occc3[nH]2)cc1OC. The standard InChI is InChI=1S/C17H18N2O4/c1-10(11-4-5-14(21-2)16(8-11)22-3)18-17(20)13-9-15-12(19-13)6-7-23-15/h4-10,19H,1-3H3,(H,18,20). The van der Waals surface area contributed by atoms with Crippen LogP contribution >= 0.6 is 0 Å². The number of aromatic amines is 1. The first kappa shape index (κ1) is 15.0. The lowest BCUT2D eigenvalue weighted by Gasteiger charge is -2.16. The first-order valence-corrected chi connectivity index (χ1v) is 7.21. The molecule has 6 nitrogen and oxygen atoms in total. The molecule has 1 aromatic carbocycles. The highest BCUT2D eigenvalue weighted by atomic mass is 16.5. The number of rotatable bonds is 5. The topological polar surface area (TPSA) is 76.5 Å². The summed E-state index contributed by atoms with van der Waals surface area (Å²) >= 11 is 0. The normalized spacial score (nSPS) is 12.1. The third-order valence-corrected chi connectivity index (χ3v) is 3.74. The number of fused-ring (bicyclic) bond motifs is 1. The van der Waals surface area contributed by atoms with Gasteiger partial charge in [-0.05, 0) is 24.6 Å². The van der Waals surface area contributed by atoms with E-state index in [4.69, 9.17) is 13.9 Å². The zero-order chi connectivity index (χ0) is 16.4. The maximum absolute atomic E-state index is 12.3. The summed E-state index contributed by atoms with van der Waals surface area (Å²) in [4.78, 5) is 15.4. The van der Waals surface area contributed by atoms with Crippen LogP contribution in [-0.2, 0) is 0 Å². The number of hydrogen-bond acceptors (Lipinski definition) is 4. The number of aromatic nitrogens is 1. The van der Waals surface area contributed by atoms with Gasteiger partial charge in [0.25, 0.3) is 5.91 Å². The van der Waals surface area contributed by atoms with Crippen molar-refractivity contribution in [3.05, 3.63) is 47.9 Å². The number of nitrogens with one attached hydrogen (secondary N) is 2. The van der Waals surface area contributed by atoms with Crippen LogP contribution in [0.4, 0.5) is 0 Å². The molecule has 1 unspecified atom stereocenters. The fourth-order valence-corrected chi connectivity index (χ4v) is 2.45. The van der Waals surface area contributed by atoms with Gasteiger partial charge in [-0.1, -0.05) is 6.07 Å². The van der Waals surface area contributed by atoms with Crippen molar-refractivity contribution in [1.29, 1.82) is 0 Å². The molecule has 0 aliphatic heterocycles. The molecule has 0 aliphatic rings. The summed E-state index contributed by atoms with van der Waals surface area (Å²) in [7, 11) is 3.17. The van der Waals surface area contributed by atoms with E-state index in [1.54, 1.807) is 32.6 Å². The van der Waals surface area contributed by atoms with E-state index in [9.17, 15) is 4.79 Å². The number of carbonyl (C=O) groups is 1.